The molecule has 0 amide bonds. The first-order valence-corrected chi connectivity index (χ1v) is 7.13. The van der Waals surface area contributed by atoms with Gasteiger partial charge >= 0.3 is 5.97 Å². The molecule has 1 aromatic carbocycles. The lowest BCUT2D eigenvalue weighted by Gasteiger charge is -2.14. The van der Waals surface area contributed by atoms with E-state index in [-0.39, 0.29) is 17.3 Å². The fraction of sp³-hybridized carbons (Fsp3) is 0.312. The number of benzene rings is 1. The molecule has 1 saturated carbocycles. The fourth-order valence-electron chi connectivity index (χ4n) is 2.88. The second kappa shape index (κ2) is 5.52. The average Bonchev–Trinajstić information content (AvgIpc) is 3.02. The molecule has 1 aliphatic rings. The third-order valence-corrected chi connectivity index (χ3v) is 3.95. The Bertz CT molecular complexity index is 665. The molecule has 1 heterocycles. The van der Waals surface area contributed by atoms with Gasteiger partial charge in [0.15, 0.2) is 11.5 Å². The summed E-state index contributed by atoms with van der Waals surface area (Å²) in [5.74, 6) is -0.427. The molecule has 0 unspecified atom stereocenters. The summed E-state index contributed by atoms with van der Waals surface area (Å²) in [6.45, 7) is 0. The van der Waals surface area contributed by atoms with E-state index in [0.717, 1.165) is 31.2 Å². The highest BCUT2D eigenvalue weighted by Crippen LogP contribution is 2.37. The maximum absolute atomic E-state index is 11.4. The van der Waals surface area contributed by atoms with Crippen LogP contribution in [0.15, 0.2) is 30.3 Å². The summed E-state index contributed by atoms with van der Waals surface area (Å²) >= 11 is 0. The van der Waals surface area contributed by atoms with Crippen LogP contribution in [0.2, 0.25) is 0 Å². The number of carboxylic acids is 1. The summed E-state index contributed by atoms with van der Waals surface area (Å²) in [6, 6.07) is 9.40. The number of nitrogens with zero attached hydrogens (tertiary/aromatic N) is 2. The van der Waals surface area contributed by atoms with Crippen molar-refractivity contribution >= 4 is 11.7 Å². The molecule has 1 aromatic heterocycles. The smallest absolute Gasteiger partial charge is 0.356 e. The van der Waals surface area contributed by atoms with Crippen molar-refractivity contribution in [3.8, 4) is 11.4 Å². The number of nitrogen functional groups attached to an aromatic ring is 1. The maximum atomic E-state index is 11.4. The van der Waals surface area contributed by atoms with Gasteiger partial charge in [0.25, 0.3) is 0 Å². The van der Waals surface area contributed by atoms with E-state index in [0.29, 0.717) is 11.5 Å². The third-order valence-electron chi connectivity index (χ3n) is 3.95. The SMILES string of the molecule is Nc1c(C(=O)O)nc(-c2ccccc2)nc1C1CCCC1. The standard InChI is InChI=1S/C16H17N3O2/c17-12-13(10-6-4-5-7-10)18-15(19-14(12)16(20)21)11-8-2-1-3-9-11/h1-3,8-10H,4-7,17H2,(H,20,21). The molecule has 0 saturated heterocycles. The minimum Gasteiger partial charge on any atom is -0.476 e. The van der Waals surface area contributed by atoms with Crippen LogP contribution in [-0.2, 0) is 0 Å². The first-order chi connectivity index (χ1) is 10.2. The monoisotopic (exact) mass is 283 g/mol. The minimum atomic E-state index is -1.11. The molecule has 21 heavy (non-hydrogen) atoms. The lowest BCUT2D eigenvalue weighted by atomic mass is 10.0. The van der Waals surface area contributed by atoms with Gasteiger partial charge in [0.1, 0.15) is 0 Å². The number of anilines is 1. The van der Waals surface area contributed by atoms with E-state index in [9.17, 15) is 9.90 Å². The van der Waals surface area contributed by atoms with Gasteiger partial charge in [-0.1, -0.05) is 43.2 Å². The molecule has 1 fully saturated rings. The molecule has 5 heteroatoms. The van der Waals surface area contributed by atoms with Gasteiger partial charge in [0, 0.05) is 11.5 Å². The topological polar surface area (TPSA) is 89.1 Å². The molecule has 5 nitrogen and oxygen atoms in total. The van der Waals surface area contributed by atoms with Gasteiger partial charge in [-0.15, -0.1) is 0 Å². The van der Waals surface area contributed by atoms with E-state index >= 15 is 0 Å². The number of rotatable bonds is 3. The predicted octanol–water partition coefficient (Wildman–Crippen LogP) is 3.08. The number of aromatic carboxylic acids is 1. The van der Waals surface area contributed by atoms with Crippen LogP contribution in [0.3, 0.4) is 0 Å². The van der Waals surface area contributed by atoms with Crippen LogP contribution in [0.5, 0.6) is 0 Å². The molecule has 3 N–H and O–H groups in total. The van der Waals surface area contributed by atoms with Gasteiger partial charge < -0.3 is 10.8 Å². The van der Waals surface area contributed by atoms with Crippen molar-refractivity contribution in [2.45, 2.75) is 31.6 Å². The number of nitrogens with two attached hydrogens (primary N) is 1. The summed E-state index contributed by atoms with van der Waals surface area (Å²) < 4.78 is 0. The summed E-state index contributed by atoms with van der Waals surface area (Å²) in [7, 11) is 0. The van der Waals surface area contributed by atoms with Gasteiger partial charge in [-0.3, -0.25) is 0 Å². The predicted molar refractivity (Wildman–Crippen MR) is 80.0 cm³/mol. The zero-order chi connectivity index (χ0) is 14.8. The Kier molecular flexibility index (Phi) is 3.56. The molecule has 0 radical (unpaired) electrons. The van der Waals surface area contributed by atoms with Crippen LogP contribution in [0.1, 0.15) is 47.8 Å². The molecule has 0 aliphatic heterocycles. The van der Waals surface area contributed by atoms with Crippen molar-refractivity contribution in [1.82, 2.24) is 9.97 Å². The van der Waals surface area contributed by atoms with Crippen LogP contribution in [0.4, 0.5) is 5.69 Å². The van der Waals surface area contributed by atoms with Crippen LogP contribution in [-0.4, -0.2) is 21.0 Å². The zero-order valence-electron chi connectivity index (χ0n) is 11.6. The normalized spacial score (nSPS) is 15.2. The molecule has 108 valence electrons. The number of aromatic nitrogens is 2. The van der Waals surface area contributed by atoms with E-state index in [1.54, 1.807) is 0 Å². The van der Waals surface area contributed by atoms with Gasteiger partial charge in [0.05, 0.1) is 11.4 Å². The van der Waals surface area contributed by atoms with Gasteiger partial charge in [0.2, 0.25) is 0 Å². The molecule has 3 rings (SSSR count). The van der Waals surface area contributed by atoms with E-state index in [1.807, 2.05) is 30.3 Å². The first-order valence-electron chi connectivity index (χ1n) is 7.13. The lowest BCUT2D eigenvalue weighted by molar-refractivity contribution is 0.0691. The van der Waals surface area contributed by atoms with Crippen molar-refractivity contribution in [3.05, 3.63) is 41.7 Å². The van der Waals surface area contributed by atoms with Gasteiger partial charge in [-0.25, -0.2) is 14.8 Å². The van der Waals surface area contributed by atoms with E-state index in [1.165, 1.54) is 0 Å². The highest BCUT2D eigenvalue weighted by atomic mass is 16.4. The highest BCUT2D eigenvalue weighted by Gasteiger charge is 2.25. The maximum Gasteiger partial charge on any atom is 0.356 e. The lowest BCUT2D eigenvalue weighted by Crippen LogP contribution is -2.13. The molecule has 1 aliphatic carbocycles. The van der Waals surface area contributed by atoms with E-state index < -0.39 is 5.97 Å². The Balaban J connectivity index is 2.15. The number of carbonyl (C=O) groups is 1. The number of hydrogen-bond donors (Lipinski definition) is 2. The Labute approximate surface area is 122 Å². The number of carboxylic acid groups (broad SMARTS) is 1. The van der Waals surface area contributed by atoms with Gasteiger partial charge in [-0.2, -0.15) is 0 Å². The van der Waals surface area contributed by atoms with Crippen molar-refractivity contribution in [3.63, 3.8) is 0 Å². The fourth-order valence-corrected chi connectivity index (χ4v) is 2.88. The highest BCUT2D eigenvalue weighted by molar-refractivity contribution is 5.92. The summed E-state index contributed by atoms with van der Waals surface area (Å²) in [4.78, 5) is 20.1. The van der Waals surface area contributed by atoms with Crippen molar-refractivity contribution < 1.29 is 9.90 Å². The molecular weight excluding hydrogens is 266 g/mol. The van der Waals surface area contributed by atoms with Crippen molar-refractivity contribution in [2.24, 2.45) is 0 Å². The quantitative estimate of drug-likeness (QED) is 0.903. The molecular formula is C16H17N3O2. The van der Waals surface area contributed by atoms with Crippen LogP contribution in [0, 0.1) is 0 Å². The van der Waals surface area contributed by atoms with Crippen LogP contribution < -0.4 is 5.73 Å². The van der Waals surface area contributed by atoms with Crippen LogP contribution >= 0.6 is 0 Å². The second-order valence-electron chi connectivity index (χ2n) is 5.35. The summed E-state index contributed by atoms with van der Waals surface area (Å²) in [5, 5.41) is 9.33. The van der Waals surface area contributed by atoms with Crippen molar-refractivity contribution in [1.29, 1.82) is 0 Å². The zero-order valence-corrected chi connectivity index (χ0v) is 11.6. The van der Waals surface area contributed by atoms with Crippen molar-refractivity contribution in [2.75, 3.05) is 5.73 Å². The number of hydrogen-bond acceptors (Lipinski definition) is 4. The molecule has 0 spiro atoms. The van der Waals surface area contributed by atoms with Gasteiger partial charge in [-0.05, 0) is 12.8 Å². The minimum absolute atomic E-state index is 0.0919. The molecule has 0 bridgehead atoms. The Morgan fingerprint density at radius 1 is 1.14 bits per heavy atom. The first kappa shape index (κ1) is 13.5. The largest absolute Gasteiger partial charge is 0.476 e. The molecule has 2 aromatic rings. The Morgan fingerprint density at radius 2 is 1.81 bits per heavy atom. The van der Waals surface area contributed by atoms with Crippen LogP contribution in [0.25, 0.3) is 11.4 Å². The summed E-state index contributed by atoms with van der Waals surface area (Å²) in [5.41, 5.74) is 7.63. The van der Waals surface area contributed by atoms with E-state index in [2.05, 4.69) is 9.97 Å². The Morgan fingerprint density at radius 3 is 2.43 bits per heavy atom. The van der Waals surface area contributed by atoms with E-state index in [4.69, 9.17) is 5.73 Å². The third kappa shape index (κ3) is 2.59. The molecule has 0 atom stereocenters. The summed E-state index contributed by atoms with van der Waals surface area (Å²) in [6.07, 6.45) is 4.29. The Hall–Kier alpha value is -2.43. The average molecular weight is 283 g/mol. The second-order valence-corrected chi connectivity index (χ2v) is 5.35.